The van der Waals surface area contributed by atoms with Crippen LogP contribution in [0.15, 0.2) is 0 Å². The summed E-state index contributed by atoms with van der Waals surface area (Å²) in [4.78, 5) is 0. The second-order valence-corrected chi connectivity index (χ2v) is 1.71. The molecule has 0 rings (SSSR count). The van der Waals surface area contributed by atoms with Crippen molar-refractivity contribution < 1.29 is 5.48 Å². The molecular formula is C6H17NO. The van der Waals surface area contributed by atoms with Crippen molar-refractivity contribution in [3.63, 3.8) is 0 Å². The van der Waals surface area contributed by atoms with Crippen LogP contribution in [0.5, 0.6) is 0 Å². The average molecular weight is 119 g/mol. The van der Waals surface area contributed by atoms with E-state index in [1.807, 2.05) is 0 Å². The molecule has 0 heterocycles. The van der Waals surface area contributed by atoms with Gasteiger partial charge in [0.25, 0.3) is 0 Å². The number of hydrogen-bond acceptors (Lipinski definition) is 1. The van der Waals surface area contributed by atoms with E-state index in [2.05, 4.69) is 19.2 Å². The summed E-state index contributed by atoms with van der Waals surface area (Å²) in [5.41, 5.74) is 0. The minimum atomic E-state index is 0. The van der Waals surface area contributed by atoms with Crippen molar-refractivity contribution in [3.05, 3.63) is 0 Å². The van der Waals surface area contributed by atoms with Gasteiger partial charge in [0.1, 0.15) is 0 Å². The number of hydrogen-bond donors (Lipinski definition) is 1. The SMILES string of the molecule is CCCCNCC.O. The topological polar surface area (TPSA) is 43.5 Å². The van der Waals surface area contributed by atoms with Gasteiger partial charge in [-0.15, -0.1) is 0 Å². The van der Waals surface area contributed by atoms with Gasteiger partial charge in [-0.3, -0.25) is 0 Å². The van der Waals surface area contributed by atoms with Gasteiger partial charge in [0.05, 0.1) is 0 Å². The van der Waals surface area contributed by atoms with Gasteiger partial charge in [0.15, 0.2) is 0 Å². The van der Waals surface area contributed by atoms with E-state index in [1.54, 1.807) is 0 Å². The van der Waals surface area contributed by atoms with Gasteiger partial charge >= 0.3 is 0 Å². The van der Waals surface area contributed by atoms with Crippen LogP contribution in [-0.2, 0) is 0 Å². The molecule has 0 atom stereocenters. The Kier molecular flexibility index (Phi) is 13.6. The highest BCUT2D eigenvalue weighted by Crippen LogP contribution is 1.80. The summed E-state index contributed by atoms with van der Waals surface area (Å²) in [6, 6.07) is 0. The first-order valence-corrected chi connectivity index (χ1v) is 3.12. The average Bonchev–Trinajstić information content (AvgIpc) is 1.69. The molecule has 0 saturated heterocycles. The van der Waals surface area contributed by atoms with Crippen LogP contribution in [0, 0.1) is 0 Å². The highest BCUT2D eigenvalue weighted by atomic mass is 16.0. The zero-order valence-electron chi connectivity index (χ0n) is 5.83. The third-order valence-electron chi connectivity index (χ3n) is 0.957. The van der Waals surface area contributed by atoms with Crippen molar-refractivity contribution in [2.24, 2.45) is 0 Å². The van der Waals surface area contributed by atoms with E-state index in [-0.39, 0.29) is 5.48 Å². The Morgan fingerprint density at radius 1 is 1.25 bits per heavy atom. The first-order chi connectivity index (χ1) is 3.41. The maximum atomic E-state index is 3.25. The lowest BCUT2D eigenvalue weighted by Gasteiger charge is -1.95. The first-order valence-electron chi connectivity index (χ1n) is 3.12. The largest absolute Gasteiger partial charge is 0.412 e. The van der Waals surface area contributed by atoms with Crippen molar-refractivity contribution in [1.82, 2.24) is 5.32 Å². The second-order valence-electron chi connectivity index (χ2n) is 1.71. The highest BCUT2D eigenvalue weighted by Gasteiger charge is 1.77. The Morgan fingerprint density at radius 3 is 2.25 bits per heavy atom. The molecule has 0 radical (unpaired) electrons. The molecule has 0 aliphatic rings. The lowest BCUT2D eigenvalue weighted by Crippen LogP contribution is -2.13. The minimum Gasteiger partial charge on any atom is -0.412 e. The molecule has 0 unspecified atom stereocenters. The van der Waals surface area contributed by atoms with E-state index in [1.165, 1.54) is 19.4 Å². The number of rotatable bonds is 4. The van der Waals surface area contributed by atoms with Crippen molar-refractivity contribution in [2.75, 3.05) is 13.1 Å². The molecule has 0 aromatic rings. The zero-order valence-corrected chi connectivity index (χ0v) is 5.83. The van der Waals surface area contributed by atoms with Crippen LogP contribution in [0.4, 0.5) is 0 Å². The lowest BCUT2D eigenvalue weighted by molar-refractivity contribution is 0.663. The normalized spacial score (nSPS) is 8.25. The van der Waals surface area contributed by atoms with E-state index in [0.717, 1.165) is 6.54 Å². The lowest BCUT2D eigenvalue weighted by atomic mass is 10.3. The van der Waals surface area contributed by atoms with Crippen LogP contribution in [0.3, 0.4) is 0 Å². The summed E-state index contributed by atoms with van der Waals surface area (Å²) in [6.07, 6.45) is 2.61. The van der Waals surface area contributed by atoms with Gasteiger partial charge in [0.2, 0.25) is 0 Å². The third-order valence-corrected chi connectivity index (χ3v) is 0.957. The summed E-state index contributed by atoms with van der Waals surface area (Å²) in [5.74, 6) is 0. The number of unbranched alkanes of at least 4 members (excludes halogenated alkanes) is 1. The molecule has 8 heavy (non-hydrogen) atoms. The van der Waals surface area contributed by atoms with Gasteiger partial charge in [-0.1, -0.05) is 20.3 Å². The van der Waals surface area contributed by atoms with Crippen LogP contribution in [0.25, 0.3) is 0 Å². The molecule has 0 aliphatic heterocycles. The molecule has 0 saturated carbocycles. The minimum absolute atomic E-state index is 0. The molecule has 3 N–H and O–H groups in total. The van der Waals surface area contributed by atoms with Crippen LogP contribution in [0.1, 0.15) is 26.7 Å². The molecular weight excluding hydrogens is 102 g/mol. The van der Waals surface area contributed by atoms with Crippen LogP contribution >= 0.6 is 0 Å². The van der Waals surface area contributed by atoms with Crippen LogP contribution in [0.2, 0.25) is 0 Å². The molecule has 0 aliphatic carbocycles. The van der Waals surface area contributed by atoms with Gasteiger partial charge in [-0.25, -0.2) is 0 Å². The maximum absolute atomic E-state index is 3.25. The smallest absolute Gasteiger partial charge is 0.00491 e. The van der Waals surface area contributed by atoms with Gasteiger partial charge < -0.3 is 10.8 Å². The Labute approximate surface area is 51.6 Å². The van der Waals surface area contributed by atoms with E-state index in [4.69, 9.17) is 0 Å². The fourth-order valence-corrected chi connectivity index (χ4v) is 0.479. The fourth-order valence-electron chi connectivity index (χ4n) is 0.479. The molecule has 0 bridgehead atoms. The zero-order chi connectivity index (χ0) is 5.54. The van der Waals surface area contributed by atoms with Crippen molar-refractivity contribution in [3.8, 4) is 0 Å². The molecule has 2 nitrogen and oxygen atoms in total. The number of nitrogens with one attached hydrogen (secondary N) is 1. The quantitative estimate of drug-likeness (QED) is 0.540. The van der Waals surface area contributed by atoms with Gasteiger partial charge in [-0.05, 0) is 19.5 Å². The molecule has 0 spiro atoms. The van der Waals surface area contributed by atoms with Crippen molar-refractivity contribution in [1.29, 1.82) is 0 Å². The third kappa shape index (κ3) is 9.33. The van der Waals surface area contributed by atoms with E-state index >= 15 is 0 Å². The Bertz CT molecular complexity index is 27.7. The predicted molar refractivity (Wildman–Crippen MR) is 37.1 cm³/mol. The van der Waals surface area contributed by atoms with E-state index in [0.29, 0.717) is 0 Å². The molecule has 0 amide bonds. The summed E-state index contributed by atoms with van der Waals surface area (Å²) in [5, 5.41) is 3.25. The fraction of sp³-hybridized carbons (Fsp3) is 1.00. The summed E-state index contributed by atoms with van der Waals surface area (Å²) >= 11 is 0. The van der Waals surface area contributed by atoms with Gasteiger partial charge in [0, 0.05) is 0 Å². The molecule has 0 aromatic carbocycles. The van der Waals surface area contributed by atoms with E-state index < -0.39 is 0 Å². The van der Waals surface area contributed by atoms with Crippen molar-refractivity contribution in [2.45, 2.75) is 26.7 Å². The van der Waals surface area contributed by atoms with Crippen molar-refractivity contribution >= 4 is 0 Å². The summed E-state index contributed by atoms with van der Waals surface area (Å²) < 4.78 is 0. The molecule has 52 valence electrons. The second kappa shape index (κ2) is 10.0. The Hall–Kier alpha value is -0.0800. The highest BCUT2D eigenvalue weighted by molar-refractivity contribution is 4.39. The molecule has 2 heteroatoms. The van der Waals surface area contributed by atoms with Crippen LogP contribution < -0.4 is 5.32 Å². The maximum Gasteiger partial charge on any atom is -0.00491 e. The summed E-state index contributed by atoms with van der Waals surface area (Å²) in [7, 11) is 0. The predicted octanol–water partition coefficient (Wildman–Crippen LogP) is 0.571. The Morgan fingerprint density at radius 2 is 1.88 bits per heavy atom. The summed E-state index contributed by atoms with van der Waals surface area (Å²) in [6.45, 7) is 6.64. The van der Waals surface area contributed by atoms with Gasteiger partial charge in [-0.2, -0.15) is 0 Å². The monoisotopic (exact) mass is 119 g/mol. The van der Waals surface area contributed by atoms with Crippen LogP contribution in [-0.4, -0.2) is 18.6 Å². The van der Waals surface area contributed by atoms with E-state index in [9.17, 15) is 0 Å². The standard InChI is InChI=1S/C6H15N.H2O/c1-3-5-6-7-4-2;/h7H,3-6H2,1-2H3;1H2. The first kappa shape index (κ1) is 10.8. The Balaban J connectivity index is 0. The molecule has 0 aromatic heterocycles. The molecule has 0 fully saturated rings.